The van der Waals surface area contributed by atoms with Gasteiger partial charge in [0.25, 0.3) is 0 Å². The molecule has 0 spiro atoms. The first-order valence-electron chi connectivity index (χ1n) is 9.81. The van der Waals surface area contributed by atoms with Crippen LogP contribution in [0.4, 0.5) is 0 Å². The molecule has 23 heavy (non-hydrogen) atoms. The minimum Gasteiger partial charge on any atom is -0.381 e. The van der Waals surface area contributed by atoms with E-state index in [1.807, 2.05) is 0 Å². The summed E-state index contributed by atoms with van der Waals surface area (Å²) in [5.74, 6) is 0. The molecule has 4 heterocycles. The van der Waals surface area contributed by atoms with Gasteiger partial charge >= 0.3 is 0 Å². The fraction of sp³-hybridized carbons (Fsp3) is 1.00. The van der Waals surface area contributed by atoms with Crippen LogP contribution in [0.25, 0.3) is 0 Å². The van der Waals surface area contributed by atoms with E-state index in [4.69, 9.17) is 18.9 Å². The highest BCUT2D eigenvalue weighted by atomic mass is 16.5. The van der Waals surface area contributed by atoms with Crippen LogP contribution in [0.1, 0.15) is 70.6 Å². The summed E-state index contributed by atoms with van der Waals surface area (Å²) >= 11 is 0. The van der Waals surface area contributed by atoms with Crippen molar-refractivity contribution in [3.63, 3.8) is 0 Å². The van der Waals surface area contributed by atoms with Crippen molar-refractivity contribution < 1.29 is 18.9 Å². The fourth-order valence-corrected chi connectivity index (χ4v) is 2.57. The van der Waals surface area contributed by atoms with E-state index in [2.05, 4.69) is 0 Å². The summed E-state index contributed by atoms with van der Waals surface area (Å²) in [5.41, 5.74) is 0. The molecule has 138 valence electrons. The Hall–Kier alpha value is -0.160. The third kappa shape index (κ3) is 16.5. The first-order valence-corrected chi connectivity index (χ1v) is 9.81. The number of hydrogen-bond acceptors (Lipinski definition) is 4. The largest absolute Gasteiger partial charge is 0.381 e. The van der Waals surface area contributed by atoms with Crippen LogP contribution in [-0.2, 0) is 18.9 Å². The molecule has 0 aliphatic carbocycles. The van der Waals surface area contributed by atoms with Crippen LogP contribution in [0.15, 0.2) is 0 Å². The summed E-state index contributed by atoms with van der Waals surface area (Å²) < 4.78 is 20.2. The Labute approximate surface area is 143 Å². The van der Waals surface area contributed by atoms with Crippen molar-refractivity contribution in [2.24, 2.45) is 0 Å². The Morgan fingerprint density at radius 2 is 0.391 bits per heavy atom. The average Bonchev–Trinajstić information content (AvgIpc) is 3.27. The highest BCUT2D eigenvalue weighted by Gasteiger charge is 1.96. The third-order valence-corrected chi connectivity index (χ3v) is 4.06. The Morgan fingerprint density at radius 3 is 0.478 bits per heavy atom. The minimum atomic E-state index is 1.00. The molecular weight excluding hydrogens is 292 g/mol. The van der Waals surface area contributed by atoms with Gasteiger partial charge in [0, 0.05) is 52.9 Å². The first-order chi connectivity index (χ1) is 11.5. The zero-order chi connectivity index (χ0) is 16.3. The average molecular weight is 331 g/mol. The molecule has 0 aromatic rings. The summed E-state index contributed by atoms with van der Waals surface area (Å²) in [6.45, 7) is 8.00. The van der Waals surface area contributed by atoms with Crippen molar-refractivity contribution in [1.29, 1.82) is 0 Å². The second-order valence-corrected chi connectivity index (χ2v) is 6.34. The second kappa shape index (κ2) is 18.2. The molecule has 0 saturated carbocycles. The zero-order valence-corrected chi connectivity index (χ0v) is 15.1. The summed E-state index contributed by atoms with van der Waals surface area (Å²) in [4.78, 5) is 0. The van der Waals surface area contributed by atoms with Crippen LogP contribution < -0.4 is 0 Å². The zero-order valence-electron chi connectivity index (χ0n) is 15.1. The maximum atomic E-state index is 5.07. The molecule has 4 heteroatoms. The standard InChI is InChI=1S/3C5H10O.C4H8O/c3*1-2-4-6-5-3-1;1-2-4-5-3-1/h3*1-5H2;1-4H2. The van der Waals surface area contributed by atoms with Gasteiger partial charge in [0.05, 0.1) is 0 Å². The molecule has 4 fully saturated rings. The summed E-state index contributed by atoms with van der Waals surface area (Å²) in [6.07, 6.45) is 14.3. The lowest BCUT2D eigenvalue weighted by Crippen LogP contribution is -2.03. The summed E-state index contributed by atoms with van der Waals surface area (Å²) in [6, 6.07) is 0. The van der Waals surface area contributed by atoms with Gasteiger partial charge in [-0.15, -0.1) is 0 Å². The van der Waals surface area contributed by atoms with E-state index in [1.54, 1.807) is 0 Å². The molecule has 4 aliphatic rings. The molecule has 0 amide bonds. The Morgan fingerprint density at radius 1 is 0.217 bits per heavy atom. The molecule has 0 radical (unpaired) electrons. The molecule has 0 aromatic carbocycles. The summed E-state index contributed by atoms with van der Waals surface area (Å²) in [5, 5.41) is 0. The number of ether oxygens (including phenoxy) is 4. The van der Waals surface area contributed by atoms with Crippen molar-refractivity contribution in [3.8, 4) is 0 Å². The lowest BCUT2D eigenvalue weighted by atomic mass is 10.2. The van der Waals surface area contributed by atoms with E-state index in [0.717, 1.165) is 52.9 Å². The second-order valence-electron chi connectivity index (χ2n) is 6.34. The van der Waals surface area contributed by atoms with Gasteiger partial charge in [-0.25, -0.2) is 0 Å². The van der Waals surface area contributed by atoms with Crippen molar-refractivity contribution in [2.75, 3.05) is 52.9 Å². The van der Waals surface area contributed by atoms with Crippen LogP contribution in [-0.4, -0.2) is 52.9 Å². The van der Waals surface area contributed by atoms with E-state index in [-0.39, 0.29) is 0 Å². The smallest absolute Gasteiger partial charge is 0.0466 e. The van der Waals surface area contributed by atoms with Gasteiger partial charge in [-0.3, -0.25) is 0 Å². The van der Waals surface area contributed by atoms with Gasteiger partial charge in [0.1, 0.15) is 0 Å². The highest BCUT2D eigenvalue weighted by molar-refractivity contribution is 4.46. The van der Waals surface area contributed by atoms with E-state index in [0.29, 0.717) is 0 Å². The van der Waals surface area contributed by atoms with Crippen LogP contribution in [0.2, 0.25) is 0 Å². The molecule has 0 N–H and O–H groups in total. The maximum absolute atomic E-state index is 5.07. The normalized spacial score (nSPS) is 24.0. The predicted molar refractivity (Wildman–Crippen MR) is 94.1 cm³/mol. The molecule has 4 rings (SSSR count). The maximum Gasteiger partial charge on any atom is 0.0466 e. The van der Waals surface area contributed by atoms with Crippen molar-refractivity contribution in [2.45, 2.75) is 70.6 Å². The van der Waals surface area contributed by atoms with E-state index >= 15 is 0 Å². The molecule has 0 bridgehead atoms. The van der Waals surface area contributed by atoms with Gasteiger partial charge < -0.3 is 18.9 Å². The predicted octanol–water partition coefficient (Wildman–Crippen LogP) is 4.36. The number of rotatable bonds is 0. The SMILES string of the molecule is C1CCOC1.C1CCOCC1.C1CCOCC1.C1CCOCC1. The quantitative estimate of drug-likeness (QED) is 0.661. The van der Waals surface area contributed by atoms with Crippen LogP contribution in [0.3, 0.4) is 0 Å². The molecule has 0 unspecified atom stereocenters. The monoisotopic (exact) mass is 330 g/mol. The Kier molecular flexibility index (Phi) is 16.5. The molecule has 4 saturated heterocycles. The first kappa shape index (κ1) is 20.9. The van der Waals surface area contributed by atoms with E-state index < -0.39 is 0 Å². The Balaban J connectivity index is 0.000000154. The van der Waals surface area contributed by atoms with Crippen molar-refractivity contribution >= 4 is 0 Å². The lowest BCUT2D eigenvalue weighted by molar-refractivity contribution is 0.0967. The fourth-order valence-electron chi connectivity index (χ4n) is 2.57. The van der Waals surface area contributed by atoms with E-state index in [9.17, 15) is 0 Å². The van der Waals surface area contributed by atoms with Gasteiger partial charge in [-0.05, 0) is 70.6 Å². The molecule has 4 aliphatic heterocycles. The van der Waals surface area contributed by atoms with Crippen LogP contribution in [0, 0.1) is 0 Å². The summed E-state index contributed by atoms with van der Waals surface area (Å²) in [7, 11) is 0. The minimum absolute atomic E-state index is 1.00. The van der Waals surface area contributed by atoms with Gasteiger partial charge in [0.2, 0.25) is 0 Å². The molecule has 4 nitrogen and oxygen atoms in total. The lowest BCUT2D eigenvalue weighted by Gasteiger charge is -2.08. The molecular formula is C19H38O4. The van der Waals surface area contributed by atoms with Crippen molar-refractivity contribution in [3.05, 3.63) is 0 Å². The van der Waals surface area contributed by atoms with Gasteiger partial charge in [0.15, 0.2) is 0 Å². The van der Waals surface area contributed by atoms with Gasteiger partial charge in [-0.1, -0.05) is 0 Å². The van der Waals surface area contributed by atoms with Crippen molar-refractivity contribution in [1.82, 2.24) is 0 Å². The highest BCUT2D eigenvalue weighted by Crippen LogP contribution is 2.03. The van der Waals surface area contributed by atoms with Crippen LogP contribution in [0.5, 0.6) is 0 Å². The van der Waals surface area contributed by atoms with Gasteiger partial charge in [-0.2, -0.15) is 0 Å². The third-order valence-electron chi connectivity index (χ3n) is 4.06. The molecule has 0 atom stereocenters. The number of hydrogen-bond donors (Lipinski definition) is 0. The van der Waals surface area contributed by atoms with Crippen LogP contribution >= 0.6 is 0 Å². The Bertz CT molecular complexity index is 137. The topological polar surface area (TPSA) is 36.9 Å². The van der Waals surface area contributed by atoms with E-state index in [1.165, 1.54) is 70.6 Å². The molecule has 0 aromatic heterocycles.